The Morgan fingerprint density at radius 2 is 0.887 bits per heavy atom. The number of nitrogens with one attached hydrogen (secondary N) is 1. The Hall–Kier alpha value is -5.61. The molecule has 6 aromatic rings. The van der Waals surface area contributed by atoms with Crippen LogP contribution in [0.15, 0.2) is 182 Å². The fourth-order valence-electron chi connectivity index (χ4n) is 7.61. The van der Waals surface area contributed by atoms with Crippen LogP contribution in [-0.4, -0.2) is 66.0 Å². The number of thioether (sulfide) groups is 2. The minimum atomic E-state index is -0.865. The van der Waals surface area contributed by atoms with Crippen LogP contribution >= 0.6 is 23.5 Å². The lowest BCUT2D eigenvalue weighted by Gasteiger charge is -2.37. The van der Waals surface area contributed by atoms with Crippen LogP contribution in [0, 0.1) is 5.92 Å². The van der Waals surface area contributed by atoms with Crippen LogP contribution < -0.4 is 11.1 Å². The van der Waals surface area contributed by atoms with Crippen LogP contribution in [0.25, 0.3) is 0 Å². The van der Waals surface area contributed by atoms with Crippen molar-refractivity contribution < 1.29 is 19.1 Å². The number of nitrogens with two attached hydrogens (primary N) is 1. The molecule has 6 aromatic carbocycles. The number of hydrogen-bond donors (Lipinski definition) is 2. The van der Waals surface area contributed by atoms with Gasteiger partial charge in [0.1, 0.15) is 5.60 Å². The van der Waals surface area contributed by atoms with Gasteiger partial charge in [-0.05, 0) is 54.2 Å². The van der Waals surface area contributed by atoms with E-state index in [1.54, 1.807) is 30.6 Å². The number of benzene rings is 6. The number of likely N-dealkylation sites (N-methyl/N-ethyl adjacent to an activating group) is 1. The van der Waals surface area contributed by atoms with Crippen molar-refractivity contribution in [2.24, 2.45) is 11.7 Å². The van der Waals surface area contributed by atoms with Crippen LogP contribution in [-0.2, 0) is 23.8 Å². The fourth-order valence-corrected chi connectivity index (χ4v) is 10.8. The lowest BCUT2D eigenvalue weighted by atomic mass is 9.84. The summed E-state index contributed by atoms with van der Waals surface area (Å²) in [6.07, 6.45) is -0.542. The highest BCUT2D eigenvalue weighted by atomic mass is 32.2. The highest BCUT2D eigenvalue weighted by Crippen LogP contribution is 2.50. The molecular weight excluding hydrogens is 807 g/mol. The zero-order valence-electron chi connectivity index (χ0n) is 36.0. The molecule has 7 nitrogen and oxygen atoms in total. The maximum atomic E-state index is 14.5. The SMILES string of the molecule is CN(CCNC(=O)[C@H](CSC(c1ccccc1)(c1ccccc1)c1ccccc1)CC(=O)[C@@H](N)CSC(c1ccccc1)(c1ccccc1)c1ccccc1)C(=O)OC(C)(C)C. The van der Waals surface area contributed by atoms with E-state index < -0.39 is 33.1 Å². The summed E-state index contributed by atoms with van der Waals surface area (Å²) in [5, 5.41) is 3.05. The van der Waals surface area contributed by atoms with Gasteiger partial charge in [-0.2, -0.15) is 0 Å². The van der Waals surface area contributed by atoms with Crippen LogP contribution in [0.2, 0.25) is 0 Å². The van der Waals surface area contributed by atoms with Crippen molar-refractivity contribution in [2.45, 2.75) is 48.3 Å². The highest BCUT2D eigenvalue weighted by molar-refractivity contribution is 8.01. The Morgan fingerprint density at radius 3 is 1.21 bits per heavy atom. The second kappa shape index (κ2) is 21.5. The van der Waals surface area contributed by atoms with Crippen molar-refractivity contribution in [1.29, 1.82) is 0 Å². The van der Waals surface area contributed by atoms with Gasteiger partial charge >= 0.3 is 6.09 Å². The normalized spacial score (nSPS) is 12.8. The number of hydrogen-bond acceptors (Lipinski definition) is 7. The largest absolute Gasteiger partial charge is 0.444 e. The monoisotopic (exact) mass is 863 g/mol. The standard InChI is InChI=1S/C53H57N3O4S2/c1-51(2,3)60-50(59)56(4)36-35-55-49(58)40(38-61-52(41-23-11-5-12-24-41,42-25-13-6-14-26-42)43-27-15-7-16-28-43)37-48(57)47(54)39-62-53(44-29-17-8-18-30-44,45-31-19-9-20-32-45)46-33-21-10-22-34-46/h5-34,40,47H,35-39,54H2,1-4H3,(H,55,58)/t40-,47-/m0/s1. The molecule has 0 aliphatic carbocycles. The zero-order chi connectivity index (χ0) is 44.0. The van der Waals surface area contributed by atoms with Gasteiger partial charge in [-0.15, -0.1) is 23.5 Å². The van der Waals surface area contributed by atoms with E-state index in [0.29, 0.717) is 11.5 Å². The maximum Gasteiger partial charge on any atom is 0.410 e. The number of ketones is 1. The number of carbonyl (C=O) groups excluding carboxylic acids is 3. The Kier molecular flexibility index (Phi) is 15.9. The summed E-state index contributed by atoms with van der Waals surface area (Å²) in [7, 11) is 1.64. The molecule has 3 N–H and O–H groups in total. The summed E-state index contributed by atoms with van der Waals surface area (Å²) in [6.45, 7) is 5.85. The van der Waals surface area contributed by atoms with Crippen molar-refractivity contribution in [3.8, 4) is 0 Å². The molecule has 0 aliphatic heterocycles. The molecule has 0 heterocycles. The van der Waals surface area contributed by atoms with E-state index in [9.17, 15) is 14.4 Å². The van der Waals surface area contributed by atoms with Gasteiger partial charge in [-0.1, -0.05) is 182 Å². The van der Waals surface area contributed by atoms with E-state index >= 15 is 0 Å². The summed E-state index contributed by atoms with van der Waals surface area (Å²) < 4.78 is 4.16. The minimum absolute atomic E-state index is 0.0636. The number of rotatable bonds is 19. The molecule has 0 aliphatic rings. The van der Waals surface area contributed by atoms with Gasteiger partial charge in [0.25, 0.3) is 0 Å². The zero-order valence-corrected chi connectivity index (χ0v) is 37.6. The van der Waals surface area contributed by atoms with Crippen LogP contribution in [0.1, 0.15) is 60.6 Å². The van der Waals surface area contributed by atoms with Gasteiger partial charge in [-0.3, -0.25) is 9.59 Å². The summed E-state index contributed by atoms with van der Waals surface area (Å²) in [4.78, 5) is 43.1. The lowest BCUT2D eigenvalue weighted by molar-refractivity contribution is -0.129. The van der Waals surface area contributed by atoms with Gasteiger partial charge in [0.15, 0.2) is 5.78 Å². The fraction of sp³-hybridized carbons (Fsp3) is 0.264. The van der Waals surface area contributed by atoms with Gasteiger partial charge in [-0.25, -0.2) is 4.79 Å². The Morgan fingerprint density at radius 1 is 0.565 bits per heavy atom. The Labute approximate surface area is 375 Å². The Balaban J connectivity index is 1.30. The quantitative estimate of drug-likeness (QED) is 0.0782. The minimum Gasteiger partial charge on any atom is -0.444 e. The molecular formula is C53H57N3O4S2. The first-order valence-corrected chi connectivity index (χ1v) is 23.0. The van der Waals surface area contributed by atoms with Crippen molar-refractivity contribution in [3.63, 3.8) is 0 Å². The number of amides is 2. The maximum absolute atomic E-state index is 14.5. The van der Waals surface area contributed by atoms with E-state index in [0.717, 1.165) is 33.4 Å². The van der Waals surface area contributed by atoms with E-state index in [-0.39, 0.29) is 31.2 Å². The number of carbonyl (C=O) groups is 3. The average Bonchev–Trinajstić information content (AvgIpc) is 3.30. The second-order valence-corrected chi connectivity index (χ2v) is 18.8. The molecule has 0 aromatic heterocycles. The number of nitrogens with zero attached hydrogens (tertiary/aromatic N) is 1. The summed E-state index contributed by atoms with van der Waals surface area (Å²) >= 11 is 3.27. The first-order valence-electron chi connectivity index (χ1n) is 21.0. The Bertz CT molecular complexity index is 2120. The number of ether oxygens (including phenoxy) is 1. The van der Waals surface area contributed by atoms with Crippen molar-refractivity contribution in [2.75, 3.05) is 31.6 Å². The smallest absolute Gasteiger partial charge is 0.410 e. The molecule has 0 unspecified atom stereocenters. The van der Waals surface area contributed by atoms with Crippen LogP contribution in [0.3, 0.4) is 0 Å². The summed E-state index contributed by atoms with van der Waals surface area (Å²) in [5.74, 6) is -0.606. The van der Waals surface area contributed by atoms with Crippen molar-refractivity contribution >= 4 is 41.3 Å². The molecule has 0 fully saturated rings. The molecule has 62 heavy (non-hydrogen) atoms. The second-order valence-electron chi connectivity index (χ2n) is 16.3. The average molecular weight is 864 g/mol. The topological polar surface area (TPSA) is 102 Å². The van der Waals surface area contributed by atoms with E-state index in [4.69, 9.17) is 10.5 Å². The third-order valence-corrected chi connectivity index (χ3v) is 14.1. The van der Waals surface area contributed by atoms with Crippen LogP contribution in [0.5, 0.6) is 0 Å². The molecule has 0 radical (unpaired) electrons. The molecule has 320 valence electrons. The molecule has 0 spiro atoms. The lowest BCUT2D eigenvalue weighted by Crippen LogP contribution is -2.43. The van der Waals surface area contributed by atoms with E-state index in [2.05, 4.69) is 78.1 Å². The molecule has 0 saturated carbocycles. The van der Waals surface area contributed by atoms with Crippen molar-refractivity contribution in [3.05, 3.63) is 215 Å². The van der Waals surface area contributed by atoms with Gasteiger partial charge in [0.05, 0.1) is 21.5 Å². The van der Waals surface area contributed by atoms with E-state index in [1.807, 2.05) is 130 Å². The molecule has 6 rings (SSSR count). The third kappa shape index (κ3) is 11.3. The molecule has 0 saturated heterocycles. The summed E-state index contributed by atoms with van der Waals surface area (Å²) in [5.41, 5.74) is 12.7. The van der Waals surface area contributed by atoms with E-state index in [1.165, 1.54) is 4.90 Å². The number of Topliss-reactive ketones (excluding diaryl/α,β-unsaturated/α-hetero) is 1. The summed E-state index contributed by atoms with van der Waals surface area (Å²) in [6, 6.07) is 61.0. The molecule has 9 heteroatoms. The van der Waals surface area contributed by atoms with Gasteiger partial charge in [0.2, 0.25) is 5.91 Å². The third-order valence-electron chi connectivity index (χ3n) is 10.7. The van der Waals surface area contributed by atoms with Gasteiger partial charge < -0.3 is 20.7 Å². The van der Waals surface area contributed by atoms with Crippen LogP contribution in [0.4, 0.5) is 4.79 Å². The first-order chi connectivity index (χ1) is 29.9. The first kappa shape index (κ1) is 45.9. The highest BCUT2D eigenvalue weighted by Gasteiger charge is 2.40. The predicted octanol–water partition coefficient (Wildman–Crippen LogP) is 10.3. The molecule has 2 atom stereocenters. The predicted molar refractivity (Wildman–Crippen MR) is 256 cm³/mol. The van der Waals surface area contributed by atoms with Crippen molar-refractivity contribution in [1.82, 2.24) is 10.2 Å². The molecule has 0 bridgehead atoms. The van der Waals surface area contributed by atoms with Gasteiger partial charge in [0, 0.05) is 38.1 Å². The molecule has 2 amide bonds.